The van der Waals surface area contributed by atoms with E-state index >= 15 is 0 Å². The Morgan fingerprint density at radius 3 is 2.11 bits per heavy atom. The van der Waals surface area contributed by atoms with Crippen LogP contribution in [0.15, 0.2) is 0 Å². The molecule has 0 radical (unpaired) electrons. The van der Waals surface area contributed by atoms with E-state index in [1.54, 1.807) is 0 Å². The maximum absolute atomic E-state index is 5.74. The van der Waals surface area contributed by atoms with Crippen molar-refractivity contribution in [3.8, 4) is 0 Å². The van der Waals surface area contributed by atoms with Crippen molar-refractivity contribution >= 4 is 11.8 Å². The van der Waals surface area contributed by atoms with Crippen LogP contribution >= 0.6 is 11.8 Å². The van der Waals surface area contributed by atoms with Gasteiger partial charge in [0.25, 0.3) is 0 Å². The van der Waals surface area contributed by atoms with Crippen molar-refractivity contribution < 1.29 is 0 Å². The van der Waals surface area contributed by atoms with Gasteiger partial charge in [0.1, 0.15) is 0 Å². The molecule has 0 fully saturated rings. The summed E-state index contributed by atoms with van der Waals surface area (Å²) in [6, 6.07) is 0.296. The van der Waals surface area contributed by atoms with E-state index in [0.29, 0.717) is 11.5 Å². The van der Waals surface area contributed by atoms with Crippen LogP contribution in [0.25, 0.3) is 0 Å². The van der Waals surface area contributed by atoms with E-state index < -0.39 is 0 Å². The Hall–Kier alpha value is 0.310. The lowest BCUT2D eigenvalue weighted by Gasteiger charge is -2.27. The maximum Gasteiger partial charge on any atom is 0.00696 e. The van der Waals surface area contributed by atoms with Gasteiger partial charge in [-0.1, -0.05) is 13.8 Å². The quantitative estimate of drug-likeness (QED) is 0.658. The van der Waals surface area contributed by atoms with Gasteiger partial charge >= 0.3 is 0 Å². The van der Waals surface area contributed by atoms with Gasteiger partial charge in [0.05, 0.1) is 0 Å². The minimum absolute atomic E-state index is 0.291. The van der Waals surface area contributed by atoms with Gasteiger partial charge < -0.3 is 5.73 Å². The van der Waals surface area contributed by atoms with E-state index in [0.717, 1.165) is 5.75 Å². The van der Waals surface area contributed by atoms with Gasteiger partial charge in [-0.2, -0.15) is 11.8 Å². The van der Waals surface area contributed by atoms with Gasteiger partial charge in [-0.15, -0.1) is 0 Å². The molecule has 1 nitrogen and oxygen atoms in total. The largest absolute Gasteiger partial charge is 0.327 e. The average Bonchev–Trinajstić information content (AvgIpc) is 1.65. The second-order valence-corrected chi connectivity index (χ2v) is 4.08. The van der Waals surface area contributed by atoms with Crippen molar-refractivity contribution in [2.45, 2.75) is 26.8 Å². The Kier molecular flexibility index (Phi) is 3.59. The van der Waals surface area contributed by atoms with Crippen molar-refractivity contribution in [3.63, 3.8) is 0 Å². The van der Waals surface area contributed by atoms with E-state index in [1.165, 1.54) is 0 Å². The highest BCUT2D eigenvalue weighted by molar-refractivity contribution is 7.98. The summed E-state index contributed by atoms with van der Waals surface area (Å²) in [7, 11) is 0. The van der Waals surface area contributed by atoms with Gasteiger partial charge in [0.15, 0.2) is 0 Å². The molecule has 0 aliphatic heterocycles. The zero-order valence-electron chi connectivity index (χ0n) is 6.77. The first-order chi connectivity index (χ1) is 4.00. The minimum Gasteiger partial charge on any atom is -0.327 e. The Bertz CT molecular complexity index is 79.0. The number of rotatable bonds is 3. The summed E-state index contributed by atoms with van der Waals surface area (Å²) in [5.74, 6) is 1.14. The highest BCUT2D eigenvalue weighted by atomic mass is 32.2. The zero-order valence-corrected chi connectivity index (χ0v) is 7.59. The maximum atomic E-state index is 5.74. The monoisotopic (exact) mass is 147 g/mol. The molecule has 0 unspecified atom stereocenters. The summed E-state index contributed by atoms with van der Waals surface area (Å²) in [5, 5.41) is 0. The van der Waals surface area contributed by atoms with E-state index in [-0.39, 0.29) is 0 Å². The molecule has 0 saturated heterocycles. The lowest BCUT2D eigenvalue weighted by Crippen LogP contribution is -2.36. The van der Waals surface area contributed by atoms with Crippen LogP contribution in [0, 0.1) is 5.41 Å². The molecule has 0 aromatic rings. The fraction of sp³-hybridized carbons (Fsp3) is 1.00. The first-order valence-electron chi connectivity index (χ1n) is 3.25. The summed E-state index contributed by atoms with van der Waals surface area (Å²) < 4.78 is 0. The van der Waals surface area contributed by atoms with Gasteiger partial charge in [-0.25, -0.2) is 0 Å². The van der Waals surface area contributed by atoms with E-state index in [1.807, 2.05) is 11.8 Å². The molecule has 9 heavy (non-hydrogen) atoms. The fourth-order valence-corrected chi connectivity index (χ4v) is 1.51. The Balaban J connectivity index is 3.70. The molecule has 1 atom stereocenters. The third-order valence-electron chi connectivity index (χ3n) is 1.75. The summed E-state index contributed by atoms with van der Waals surface area (Å²) >= 11 is 1.86. The Labute approximate surface area is 62.4 Å². The lowest BCUT2D eigenvalue weighted by atomic mass is 9.88. The fourth-order valence-electron chi connectivity index (χ4n) is 0.503. The average molecular weight is 147 g/mol. The molecule has 0 bridgehead atoms. The van der Waals surface area contributed by atoms with Crippen molar-refractivity contribution in [1.82, 2.24) is 0 Å². The summed E-state index contributed by atoms with van der Waals surface area (Å²) in [6.45, 7) is 6.47. The third kappa shape index (κ3) is 3.11. The predicted molar refractivity (Wildman–Crippen MR) is 45.8 cm³/mol. The first-order valence-corrected chi connectivity index (χ1v) is 4.64. The zero-order chi connectivity index (χ0) is 7.49. The molecule has 0 aliphatic rings. The molecule has 0 heterocycles. The van der Waals surface area contributed by atoms with Crippen LogP contribution in [-0.4, -0.2) is 18.1 Å². The van der Waals surface area contributed by atoms with Crippen molar-refractivity contribution in [3.05, 3.63) is 0 Å². The third-order valence-corrected chi connectivity index (χ3v) is 2.78. The van der Waals surface area contributed by atoms with Crippen LogP contribution in [0.2, 0.25) is 0 Å². The van der Waals surface area contributed by atoms with Crippen molar-refractivity contribution in [2.24, 2.45) is 11.1 Å². The van der Waals surface area contributed by atoms with Crippen molar-refractivity contribution in [2.75, 3.05) is 12.0 Å². The molecule has 0 aliphatic carbocycles. The molecule has 0 aromatic carbocycles. The Morgan fingerprint density at radius 1 is 1.56 bits per heavy atom. The second kappa shape index (κ2) is 3.47. The second-order valence-electron chi connectivity index (χ2n) is 3.21. The molecule has 2 heteroatoms. The molecular weight excluding hydrogens is 130 g/mol. The molecular formula is C7H17NS. The van der Waals surface area contributed by atoms with Gasteiger partial charge in [-0.05, 0) is 24.3 Å². The lowest BCUT2D eigenvalue weighted by molar-refractivity contribution is 0.348. The smallest absolute Gasteiger partial charge is 0.00696 e. The van der Waals surface area contributed by atoms with Crippen molar-refractivity contribution in [1.29, 1.82) is 0 Å². The highest BCUT2D eigenvalue weighted by Gasteiger charge is 2.21. The van der Waals surface area contributed by atoms with E-state index in [4.69, 9.17) is 5.73 Å². The number of thioether (sulfide) groups is 1. The molecule has 0 saturated carbocycles. The molecule has 56 valence electrons. The molecule has 2 N–H and O–H groups in total. The van der Waals surface area contributed by atoms with Crippen LogP contribution in [0.4, 0.5) is 0 Å². The topological polar surface area (TPSA) is 26.0 Å². The van der Waals surface area contributed by atoms with Crippen LogP contribution in [0.3, 0.4) is 0 Å². The molecule has 0 aromatic heterocycles. The number of hydrogen-bond acceptors (Lipinski definition) is 2. The molecule has 0 amide bonds. The van der Waals surface area contributed by atoms with Gasteiger partial charge in [0, 0.05) is 6.04 Å². The van der Waals surface area contributed by atoms with Gasteiger partial charge in [0.2, 0.25) is 0 Å². The van der Waals surface area contributed by atoms with E-state index in [9.17, 15) is 0 Å². The Morgan fingerprint density at radius 2 is 2.00 bits per heavy atom. The van der Waals surface area contributed by atoms with Gasteiger partial charge in [-0.3, -0.25) is 0 Å². The summed E-state index contributed by atoms with van der Waals surface area (Å²) in [5.41, 5.74) is 6.03. The van der Waals surface area contributed by atoms with Crippen LogP contribution in [0.1, 0.15) is 20.8 Å². The first kappa shape index (κ1) is 9.31. The van der Waals surface area contributed by atoms with Crippen LogP contribution < -0.4 is 5.73 Å². The number of hydrogen-bond donors (Lipinski definition) is 1. The highest BCUT2D eigenvalue weighted by Crippen LogP contribution is 2.22. The summed E-state index contributed by atoms with van der Waals surface area (Å²) in [6.07, 6.45) is 2.12. The standard InChI is InChI=1S/C7H17NS/c1-6(8)7(2,3)5-9-4/h6H,5,8H2,1-4H3/t6-/m0/s1. The molecule has 0 spiro atoms. The van der Waals surface area contributed by atoms with Crippen LogP contribution in [0.5, 0.6) is 0 Å². The predicted octanol–water partition coefficient (Wildman–Crippen LogP) is 1.72. The minimum atomic E-state index is 0.291. The van der Waals surface area contributed by atoms with E-state index in [2.05, 4.69) is 27.0 Å². The van der Waals surface area contributed by atoms with Crippen LogP contribution in [-0.2, 0) is 0 Å². The SMILES string of the molecule is CSCC(C)(C)[C@H](C)N. The number of nitrogens with two attached hydrogens (primary N) is 1. The normalized spacial score (nSPS) is 15.7. The molecule has 0 rings (SSSR count). The summed E-state index contributed by atoms with van der Waals surface area (Å²) in [4.78, 5) is 0.